The van der Waals surface area contributed by atoms with E-state index in [9.17, 15) is 9.59 Å². The average Bonchev–Trinajstić information content (AvgIpc) is 2.63. The van der Waals surface area contributed by atoms with E-state index in [-0.39, 0.29) is 17.2 Å². The summed E-state index contributed by atoms with van der Waals surface area (Å²) in [6, 6.07) is 0. The van der Waals surface area contributed by atoms with Crippen LogP contribution in [0.2, 0.25) is 0 Å². The predicted octanol–water partition coefficient (Wildman–Crippen LogP) is 1.44. The number of thiazole rings is 1. The van der Waals surface area contributed by atoms with Crippen molar-refractivity contribution < 1.29 is 9.59 Å². The maximum atomic E-state index is 12.0. The van der Waals surface area contributed by atoms with Gasteiger partial charge in [0.2, 0.25) is 5.91 Å². The molecule has 1 aromatic heterocycles. The predicted molar refractivity (Wildman–Crippen MR) is 71.0 cm³/mol. The van der Waals surface area contributed by atoms with Crippen LogP contribution >= 0.6 is 11.3 Å². The molecule has 1 N–H and O–H groups in total. The van der Waals surface area contributed by atoms with Gasteiger partial charge in [0.1, 0.15) is 4.88 Å². The number of carbonyl (C=O) groups excluding carboxylic acids is 2. The molecule has 0 unspecified atom stereocenters. The van der Waals surface area contributed by atoms with Crippen LogP contribution in [-0.4, -0.2) is 30.4 Å². The summed E-state index contributed by atoms with van der Waals surface area (Å²) in [5.41, 5.74) is 0.782. The molecule has 98 valence electrons. The highest BCUT2D eigenvalue weighted by Gasteiger charge is 2.30. The summed E-state index contributed by atoms with van der Waals surface area (Å²) in [5, 5.41) is 3.48. The molecule has 1 aliphatic rings. The lowest BCUT2D eigenvalue weighted by atomic mass is 9.88. The lowest BCUT2D eigenvalue weighted by molar-refractivity contribution is -0.116. The maximum absolute atomic E-state index is 12.0. The van der Waals surface area contributed by atoms with Crippen molar-refractivity contribution in [2.75, 3.05) is 18.5 Å². The van der Waals surface area contributed by atoms with Crippen LogP contribution in [0.4, 0.5) is 5.13 Å². The largest absolute Gasteiger partial charge is 0.351 e. The monoisotopic (exact) mass is 267 g/mol. The fraction of sp³-hybridized carbons (Fsp3) is 0.583. The maximum Gasteiger partial charge on any atom is 0.263 e. The smallest absolute Gasteiger partial charge is 0.263 e. The van der Waals surface area contributed by atoms with E-state index >= 15 is 0 Å². The number of rotatable bonds is 1. The number of fused-ring (bicyclic) bond motifs is 1. The number of carbonyl (C=O) groups is 2. The summed E-state index contributed by atoms with van der Waals surface area (Å²) >= 11 is 1.28. The van der Waals surface area contributed by atoms with Crippen molar-refractivity contribution in [3.8, 4) is 0 Å². The van der Waals surface area contributed by atoms with E-state index < -0.39 is 0 Å². The number of amides is 2. The van der Waals surface area contributed by atoms with Gasteiger partial charge in [0.15, 0.2) is 5.13 Å². The van der Waals surface area contributed by atoms with Crippen LogP contribution < -0.4 is 10.2 Å². The number of hydrogen-bond acceptors (Lipinski definition) is 4. The quantitative estimate of drug-likeness (QED) is 0.837. The van der Waals surface area contributed by atoms with Gasteiger partial charge >= 0.3 is 0 Å². The Kier molecular flexibility index (Phi) is 3.14. The number of aromatic nitrogens is 1. The summed E-state index contributed by atoms with van der Waals surface area (Å²) in [7, 11) is 1.67. The molecule has 6 heteroatoms. The second-order valence-electron chi connectivity index (χ2n) is 5.37. The molecule has 1 aliphatic heterocycles. The number of anilines is 1. The first kappa shape index (κ1) is 13.0. The zero-order chi connectivity index (χ0) is 13.5. The van der Waals surface area contributed by atoms with Gasteiger partial charge in [-0.3, -0.25) is 14.5 Å². The summed E-state index contributed by atoms with van der Waals surface area (Å²) < 4.78 is 0. The van der Waals surface area contributed by atoms with E-state index in [1.807, 2.05) is 0 Å². The molecule has 2 amide bonds. The van der Waals surface area contributed by atoms with E-state index in [2.05, 4.69) is 24.1 Å². The Hall–Kier alpha value is -1.43. The van der Waals surface area contributed by atoms with Crippen LogP contribution in [0, 0.1) is 5.41 Å². The first-order valence-corrected chi connectivity index (χ1v) is 6.64. The summed E-state index contributed by atoms with van der Waals surface area (Å²) in [6.45, 7) is 6.32. The van der Waals surface area contributed by atoms with Crippen LogP contribution in [-0.2, 0) is 11.2 Å². The van der Waals surface area contributed by atoms with Gasteiger partial charge in [0.25, 0.3) is 5.91 Å². The van der Waals surface area contributed by atoms with Gasteiger partial charge < -0.3 is 5.32 Å². The third kappa shape index (κ3) is 2.38. The van der Waals surface area contributed by atoms with Crippen LogP contribution in [0.15, 0.2) is 0 Å². The van der Waals surface area contributed by atoms with Crippen LogP contribution in [0.5, 0.6) is 0 Å². The van der Waals surface area contributed by atoms with Gasteiger partial charge in [-0.25, -0.2) is 4.98 Å². The minimum absolute atomic E-state index is 0.0128. The topological polar surface area (TPSA) is 62.3 Å². The van der Waals surface area contributed by atoms with Crippen LogP contribution in [0.3, 0.4) is 0 Å². The van der Waals surface area contributed by atoms with Crippen LogP contribution in [0.1, 0.15) is 36.1 Å². The lowest BCUT2D eigenvalue weighted by Crippen LogP contribution is -2.31. The molecule has 0 spiro atoms. The summed E-state index contributed by atoms with van der Waals surface area (Å²) in [4.78, 5) is 29.8. The first-order chi connectivity index (χ1) is 8.30. The standard InChI is InChI=1S/C12H17N3O2S/c1-7(16)15(4)11-14-8-5-12(2,3)6-13-10(17)9(8)18-11/h5-6H2,1-4H3,(H,13,17). The van der Waals surface area contributed by atoms with E-state index in [1.54, 1.807) is 7.05 Å². The number of nitrogens with one attached hydrogen (secondary N) is 1. The van der Waals surface area contributed by atoms with Crippen molar-refractivity contribution in [1.29, 1.82) is 0 Å². The van der Waals surface area contributed by atoms with Gasteiger partial charge in [-0.1, -0.05) is 25.2 Å². The fourth-order valence-corrected chi connectivity index (χ4v) is 2.83. The molecule has 2 heterocycles. The Bertz CT molecular complexity index is 507. The van der Waals surface area contributed by atoms with Crippen LogP contribution in [0.25, 0.3) is 0 Å². The molecule has 0 fully saturated rings. The number of nitrogens with zero attached hydrogens (tertiary/aromatic N) is 2. The molecule has 0 saturated heterocycles. The normalized spacial score (nSPS) is 17.7. The Morgan fingerprint density at radius 3 is 2.78 bits per heavy atom. The highest BCUT2D eigenvalue weighted by Crippen LogP contribution is 2.32. The molecule has 0 radical (unpaired) electrons. The molecular formula is C12H17N3O2S. The van der Waals surface area contributed by atoms with Gasteiger partial charge in [-0.05, 0) is 11.8 Å². The lowest BCUT2D eigenvalue weighted by Gasteiger charge is -2.21. The average molecular weight is 267 g/mol. The Labute approximate surface area is 110 Å². The van der Waals surface area contributed by atoms with Crippen molar-refractivity contribution in [1.82, 2.24) is 10.3 Å². The SMILES string of the molecule is CC(=O)N(C)c1nc2c(s1)C(=O)NCC(C)(C)C2. The third-order valence-electron chi connectivity index (χ3n) is 3.03. The van der Waals surface area contributed by atoms with Crippen molar-refractivity contribution in [3.63, 3.8) is 0 Å². The molecule has 1 aromatic rings. The molecule has 2 rings (SSSR count). The fourth-order valence-electron chi connectivity index (χ4n) is 1.83. The van der Waals surface area contributed by atoms with E-state index in [1.165, 1.54) is 23.2 Å². The summed E-state index contributed by atoms with van der Waals surface area (Å²) in [6.07, 6.45) is 0.739. The molecule has 0 aromatic carbocycles. The van der Waals surface area contributed by atoms with E-state index in [0.717, 1.165) is 12.1 Å². The van der Waals surface area contributed by atoms with E-state index in [4.69, 9.17) is 0 Å². The van der Waals surface area contributed by atoms with Gasteiger partial charge in [-0.15, -0.1) is 0 Å². The van der Waals surface area contributed by atoms with Crippen molar-refractivity contribution in [2.24, 2.45) is 5.41 Å². The number of hydrogen-bond donors (Lipinski definition) is 1. The van der Waals surface area contributed by atoms with Crippen molar-refractivity contribution in [2.45, 2.75) is 27.2 Å². The zero-order valence-corrected chi connectivity index (χ0v) is 11.8. The molecule has 18 heavy (non-hydrogen) atoms. The van der Waals surface area contributed by atoms with Gasteiger partial charge in [-0.2, -0.15) is 0 Å². The molecule has 5 nitrogen and oxygen atoms in total. The molecule has 0 aliphatic carbocycles. The van der Waals surface area contributed by atoms with E-state index in [0.29, 0.717) is 16.6 Å². The molecule has 0 atom stereocenters. The second kappa shape index (κ2) is 4.35. The summed E-state index contributed by atoms with van der Waals surface area (Å²) in [5.74, 6) is -0.171. The van der Waals surface area contributed by atoms with Crippen molar-refractivity contribution >= 4 is 28.3 Å². The van der Waals surface area contributed by atoms with Gasteiger partial charge in [0.05, 0.1) is 5.69 Å². The Morgan fingerprint density at radius 1 is 1.50 bits per heavy atom. The van der Waals surface area contributed by atoms with Gasteiger partial charge in [0, 0.05) is 20.5 Å². The Morgan fingerprint density at radius 2 is 2.17 bits per heavy atom. The molecule has 0 bridgehead atoms. The molecule has 0 saturated carbocycles. The first-order valence-electron chi connectivity index (χ1n) is 5.82. The zero-order valence-electron chi connectivity index (χ0n) is 11.0. The van der Waals surface area contributed by atoms with Crippen molar-refractivity contribution in [3.05, 3.63) is 10.6 Å². The minimum atomic E-state index is -0.0868. The highest BCUT2D eigenvalue weighted by molar-refractivity contribution is 7.17. The molecular weight excluding hydrogens is 250 g/mol. The highest BCUT2D eigenvalue weighted by atomic mass is 32.1. The third-order valence-corrected chi connectivity index (χ3v) is 4.20. The second-order valence-corrected chi connectivity index (χ2v) is 6.35. The minimum Gasteiger partial charge on any atom is -0.351 e. The Balaban J connectivity index is 2.41.